The summed E-state index contributed by atoms with van der Waals surface area (Å²) in [6, 6.07) is 9.58. The molecule has 0 fully saturated rings. The van der Waals surface area contributed by atoms with Crippen molar-refractivity contribution in [3.05, 3.63) is 56.8 Å². The van der Waals surface area contributed by atoms with Gasteiger partial charge in [0.15, 0.2) is 0 Å². The van der Waals surface area contributed by atoms with Crippen molar-refractivity contribution in [2.75, 3.05) is 6.54 Å². The average Bonchev–Trinajstić information content (AvgIpc) is 2.85. The van der Waals surface area contributed by atoms with Crippen molar-refractivity contribution in [3.63, 3.8) is 0 Å². The molecular weight excluding hydrogens is 262 g/mol. The lowest BCUT2D eigenvalue weighted by molar-refractivity contribution is 0.530. The Kier molecular flexibility index (Phi) is 5.38. The maximum absolute atomic E-state index is 3.69. The van der Waals surface area contributed by atoms with Crippen molar-refractivity contribution in [2.45, 2.75) is 46.6 Å². The van der Waals surface area contributed by atoms with Crippen molar-refractivity contribution in [3.8, 4) is 0 Å². The summed E-state index contributed by atoms with van der Waals surface area (Å²) in [5, 5.41) is 5.98. The molecule has 0 amide bonds. The Balaban J connectivity index is 2.16. The fourth-order valence-electron chi connectivity index (χ4n) is 2.44. The molecule has 1 aromatic heterocycles. The molecule has 1 atom stereocenters. The van der Waals surface area contributed by atoms with Gasteiger partial charge in [-0.25, -0.2) is 0 Å². The normalized spacial score (nSPS) is 12.6. The molecule has 2 heteroatoms. The molecule has 0 bridgehead atoms. The molecule has 1 aromatic carbocycles. The van der Waals surface area contributed by atoms with E-state index in [0.717, 1.165) is 13.0 Å². The van der Waals surface area contributed by atoms with Gasteiger partial charge in [-0.1, -0.05) is 25.1 Å². The van der Waals surface area contributed by atoms with E-state index in [1.54, 1.807) is 0 Å². The number of rotatable bonds is 6. The zero-order chi connectivity index (χ0) is 14.5. The third-order valence-electron chi connectivity index (χ3n) is 3.81. The van der Waals surface area contributed by atoms with Gasteiger partial charge >= 0.3 is 0 Å². The van der Waals surface area contributed by atoms with Crippen molar-refractivity contribution < 1.29 is 0 Å². The Hall–Kier alpha value is -1.12. The van der Waals surface area contributed by atoms with Crippen molar-refractivity contribution in [1.29, 1.82) is 0 Å². The van der Waals surface area contributed by atoms with Crippen LogP contribution in [0.25, 0.3) is 0 Å². The zero-order valence-corrected chi connectivity index (χ0v) is 13.8. The molecule has 1 nitrogen and oxygen atoms in total. The third-order valence-corrected chi connectivity index (χ3v) is 4.68. The highest BCUT2D eigenvalue weighted by molar-refractivity contribution is 7.10. The second-order valence-electron chi connectivity index (χ2n) is 5.62. The van der Waals surface area contributed by atoms with Crippen LogP contribution in [0.2, 0.25) is 0 Å². The van der Waals surface area contributed by atoms with Gasteiger partial charge in [0.2, 0.25) is 0 Å². The first-order chi connectivity index (χ1) is 9.60. The van der Waals surface area contributed by atoms with E-state index in [0.29, 0.717) is 6.04 Å². The molecule has 2 aromatic rings. The summed E-state index contributed by atoms with van der Waals surface area (Å²) in [7, 11) is 0. The van der Waals surface area contributed by atoms with E-state index >= 15 is 0 Å². The largest absolute Gasteiger partial charge is 0.310 e. The summed E-state index contributed by atoms with van der Waals surface area (Å²) < 4.78 is 0. The first-order valence-corrected chi connectivity index (χ1v) is 8.32. The standard InChI is InChI=1S/C18H25NS/c1-5-8-19-18(17-10-15(4)20-12-17)11-16-7-6-13(2)14(3)9-16/h6-7,9-10,12,18-19H,5,8,11H2,1-4H3. The van der Waals surface area contributed by atoms with Crippen LogP contribution >= 0.6 is 11.3 Å². The molecule has 0 saturated heterocycles. The van der Waals surface area contributed by atoms with Gasteiger partial charge in [0.05, 0.1) is 0 Å². The summed E-state index contributed by atoms with van der Waals surface area (Å²) in [6.45, 7) is 9.85. The molecule has 1 heterocycles. The van der Waals surface area contributed by atoms with Gasteiger partial charge in [-0.05, 0) is 73.9 Å². The Morgan fingerprint density at radius 3 is 2.50 bits per heavy atom. The van der Waals surface area contributed by atoms with Crippen LogP contribution < -0.4 is 5.32 Å². The smallest absolute Gasteiger partial charge is 0.0369 e. The molecule has 0 aliphatic rings. The van der Waals surface area contributed by atoms with E-state index < -0.39 is 0 Å². The number of benzene rings is 1. The molecule has 0 aliphatic carbocycles. The molecular formula is C18H25NS. The molecule has 2 rings (SSSR count). The molecule has 0 aliphatic heterocycles. The SMILES string of the molecule is CCCNC(Cc1ccc(C)c(C)c1)c1csc(C)c1. The van der Waals surface area contributed by atoms with Crippen LogP contribution in [0.3, 0.4) is 0 Å². The summed E-state index contributed by atoms with van der Waals surface area (Å²) in [5.41, 5.74) is 5.61. The minimum Gasteiger partial charge on any atom is -0.310 e. The van der Waals surface area contributed by atoms with Gasteiger partial charge in [0, 0.05) is 10.9 Å². The van der Waals surface area contributed by atoms with E-state index in [1.165, 1.54) is 33.6 Å². The van der Waals surface area contributed by atoms with Crippen molar-refractivity contribution in [1.82, 2.24) is 5.32 Å². The Labute approximate surface area is 127 Å². The average molecular weight is 287 g/mol. The fraction of sp³-hybridized carbons (Fsp3) is 0.444. The van der Waals surface area contributed by atoms with Gasteiger partial charge in [0.1, 0.15) is 0 Å². The van der Waals surface area contributed by atoms with Crippen LogP contribution in [0.5, 0.6) is 0 Å². The maximum Gasteiger partial charge on any atom is 0.0369 e. The van der Waals surface area contributed by atoms with Crippen LogP contribution in [0.1, 0.15) is 46.5 Å². The fourth-order valence-corrected chi connectivity index (χ4v) is 3.20. The van der Waals surface area contributed by atoms with Crippen LogP contribution in [0.15, 0.2) is 29.6 Å². The Morgan fingerprint density at radius 2 is 1.90 bits per heavy atom. The van der Waals surface area contributed by atoms with E-state index in [2.05, 4.69) is 62.7 Å². The summed E-state index contributed by atoms with van der Waals surface area (Å²) >= 11 is 1.84. The lowest BCUT2D eigenvalue weighted by Crippen LogP contribution is -2.23. The number of aryl methyl sites for hydroxylation is 3. The highest BCUT2D eigenvalue weighted by atomic mass is 32.1. The minimum atomic E-state index is 0.432. The van der Waals surface area contributed by atoms with Gasteiger partial charge < -0.3 is 5.32 Å². The Bertz CT molecular complexity index is 556. The van der Waals surface area contributed by atoms with E-state index in [-0.39, 0.29) is 0 Å². The summed E-state index contributed by atoms with van der Waals surface area (Å²) in [6.07, 6.45) is 2.24. The van der Waals surface area contributed by atoms with Crippen molar-refractivity contribution in [2.24, 2.45) is 0 Å². The van der Waals surface area contributed by atoms with E-state index in [4.69, 9.17) is 0 Å². The molecule has 1 unspecified atom stereocenters. The Morgan fingerprint density at radius 1 is 1.10 bits per heavy atom. The molecule has 20 heavy (non-hydrogen) atoms. The predicted octanol–water partition coefficient (Wildman–Crippen LogP) is 4.96. The first-order valence-electron chi connectivity index (χ1n) is 7.44. The number of hydrogen-bond acceptors (Lipinski definition) is 2. The summed E-state index contributed by atoms with van der Waals surface area (Å²) in [5.74, 6) is 0. The van der Waals surface area contributed by atoms with Crippen LogP contribution in [-0.4, -0.2) is 6.54 Å². The van der Waals surface area contributed by atoms with Gasteiger partial charge in [-0.3, -0.25) is 0 Å². The molecule has 0 radical (unpaired) electrons. The number of nitrogens with one attached hydrogen (secondary N) is 1. The molecule has 108 valence electrons. The number of thiophene rings is 1. The topological polar surface area (TPSA) is 12.0 Å². The van der Waals surface area contributed by atoms with Crippen LogP contribution in [-0.2, 0) is 6.42 Å². The highest BCUT2D eigenvalue weighted by Gasteiger charge is 2.13. The van der Waals surface area contributed by atoms with Crippen molar-refractivity contribution >= 4 is 11.3 Å². The highest BCUT2D eigenvalue weighted by Crippen LogP contribution is 2.24. The van der Waals surface area contributed by atoms with Gasteiger partial charge in [0.25, 0.3) is 0 Å². The van der Waals surface area contributed by atoms with E-state index in [9.17, 15) is 0 Å². The third kappa shape index (κ3) is 3.94. The zero-order valence-electron chi connectivity index (χ0n) is 13.0. The summed E-state index contributed by atoms with van der Waals surface area (Å²) in [4.78, 5) is 1.39. The lowest BCUT2D eigenvalue weighted by atomic mass is 9.98. The maximum atomic E-state index is 3.69. The van der Waals surface area contributed by atoms with Crippen LogP contribution in [0.4, 0.5) is 0 Å². The first kappa shape index (κ1) is 15.3. The lowest BCUT2D eigenvalue weighted by Gasteiger charge is -2.18. The predicted molar refractivity (Wildman–Crippen MR) is 89.7 cm³/mol. The van der Waals surface area contributed by atoms with Gasteiger partial charge in [-0.2, -0.15) is 0 Å². The molecule has 0 saturated carbocycles. The monoisotopic (exact) mass is 287 g/mol. The second-order valence-corrected chi connectivity index (χ2v) is 6.74. The van der Waals surface area contributed by atoms with Crippen LogP contribution in [0, 0.1) is 20.8 Å². The second kappa shape index (κ2) is 7.05. The quantitative estimate of drug-likeness (QED) is 0.792. The van der Waals surface area contributed by atoms with E-state index in [1.807, 2.05) is 11.3 Å². The van der Waals surface area contributed by atoms with Gasteiger partial charge in [-0.15, -0.1) is 11.3 Å². The minimum absolute atomic E-state index is 0.432. The molecule has 1 N–H and O–H groups in total. The number of hydrogen-bond donors (Lipinski definition) is 1. The molecule has 0 spiro atoms.